The average Bonchev–Trinajstić information content (AvgIpc) is 3.04. The maximum atomic E-state index is 2.36. The molecule has 0 radical (unpaired) electrons. The molecule has 0 unspecified atom stereocenters. The number of rotatable bonds is 8. The van der Waals surface area contributed by atoms with Gasteiger partial charge >= 0.3 is 0 Å². The van der Waals surface area contributed by atoms with Gasteiger partial charge in [0, 0.05) is 45.3 Å². The number of nitrogens with zero attached hydrogens (tertiary/aromatic N) is 2. The van der Waals surface area contributed by atoms with Gasteiger partial charge in [-0.25, -0.2) is 0 Å². The Labute approximate surface area is 273 Å². The lowest BCUT2D eigenvalue weighted by Crippen LogP contribution is -2.11. The number of anilines is 5. The molecule has 6 aromatic rings. The average molecular weight is 605 g/mol. The molecule has 0 amide bonds. The molecule has 2 nitrogen and oxygen atoms in total. The maximum absolute atomic E-state index is 2.36. The van der Waals surface area contributed by atoms with E-state index in [1.807, 2.05) is 0 Å². The normalized spacial score (nSPS) is 11.0. The van der Waals surface area contributed by atoms with E-state index in [9.17, 15) is 0 Å². The lowest BCUT2D eigenvalue weighted by atomic mass is 10.0. The lowest BCUT2D eigenvalue weighted by molar-refractivity contribution is 1.17. The molecule has 0 aromatic heterocycles. The summed E-state index contributed by atoms with van der Waals surface area (Å²) in [6.07, 6.45) is 0. The largest absolute Gasteiger partial charge is 0.344 e. The molecule has 0 aliphatic heterocycles. The highest BCUT2D eigenvalue weighted by Gasteiger charge is 2.15. The molecule has 0 saturated carbocycles. The van der Waals surface area contributed by atoms with Gasteiger partial charge in [-0.2, -0.15) is 0 Å². The Morgan fingerprint density at radius 1 is 0.400 bits per heavy atom. The topological polar surface area (TPSA) is 6.48 Å². The molecule has 0 heterocycles. The van der Waals surface area contributed by atoms with Crippen LogP contribution in [0.15, 0.2) is 143 Å². The second kappa shape index (κ2) is 13.1. The van der Waals surface area contributed by atoms with Gasteiger partial charge in [0.15, 0.2) is 0 Å². The predicted molar refractivity (Wildman–Crippen MR) is 195 cm³/mol. The van der Waals surface area contributed by atoms with E-state index in [-0.39, 0.29) is 0 Å². The van der Waals surface area contributed by atoms with Gasteiger partial charge in [0.1, 0.15) is 0 Å². The molecule has 3 heteroatoms. The number of hydrogen-bond acceptors (Lipinski definition) is 3. The first-order valence-corrected chi connectivity index (χ1v) is 16.3. The van der Waals surface area contributed by atoms with Crippen LogP contribution in [0.4, 0.5) is 28.4 Å². The lowest BCUT2D eigenvalue weighted by Gasteiger charge is -2.27. The van der Waals surface area contributed by atoms with E-state index >= 15 is 0 Å². The van der Waals surface area contributed by atoms with Crippen molar-refractivity contribution in [1.82, 2.24) is 0 Å². The minimum absolute atomic E-state index is 1.14. The quantitative estimate of drug-likeness (QED) is 0.171. The minimum Gasteiger partial charge on any atom is -0.344 e. The zero-order valence-electron chi connectivity index (χ0n) is 27.0. The van der Waals surface area contributed by atoms with Crippen molar-refractivity contribution in [2.24, 2.45) is 0 Å². The van der Waals surface area contributed by atoms with Crippen molar-refractivity contribution in [3.05, 3.63) is 161 Å². The molecule has 0 aliphatic carbocycles. The predicted octanol–water partition coefficient (Wildman–Crippen LogP) is 12.3. The highest BCUT2D eigenvalue weighted by atomic mass is 32.2. The minimum atomic E-state index is 1.14. The Bertz CT molecular complexity index is 1910. The van der Waals surface area contributed by atoms with Crippen molar-refractivity contribution in [2.45, 2.75) is 44.4 Å². The van der Waals surface area contributed by atoms with Gasteiger partial charge in [0.2, 0.25) is 0 Å². The van der Waals surface area contributed by atoms with Crippen LogP contribution in [0.2, 0.25) is 0 Å². The van der Waals surface area contributed by atoms with Crippen molar-refractivity contribution < 1.29 is 0 Å². The smallest absolute Gasteiger partial charge is 0.0490 e. The van der Waals surface area contributed by atoms with E-state index in [4.69, 9.17) is 0 Å². The third kappa shape index (κ3) is 6.84. The van der Waals surface area contributed by atoms with Crippen LogP contribution in [0, 0.1) is 34.6 Å². The Balaban J connectivity index is 1.24. The summed E-state index contributed by atoms with van der Waals surface area (Å²) in [5.41, 5.74) is 14.7. The molecule has 45 heavy (non-hydrogen) atoms. The summed E-state index contributed by atoms with van der Waals surface area (Å²) in [6, 6.07) is 48.7. The molecule has 0 spiro atoms. The fourth-order valence-corrected chi connectivity index (χ4v) is 6.71. The van der Waals surface area contributed by atoms with E-state index in [1.54, 1.807) is 11.8 Å². The van der Waals surface area contributed by atoms with Crippen LogP contribution in [0.5, 0.6) is 0 Å². The molecule has 0 atom stereocenters. The highest BCUT2D eigenvalue weighted by Crippen LogP contribution is 2.39. The first-order chi connectivity index (χ1) is 21.7. The maximum Gasteiger partial charge on any atom is 0.0490 e. The van der Waals surface area contributed by atoms with E-state index < -0.39 is 0 Å². The van der Waals surface area contributed by atoms with Crippen molar-refractivity contribution in [3.8, 4) is 11.1 Å². The summed E-state index contributed by atoms with van der Waals surface area (Å²) in [5.74, 6) is 0. The molecule has 0 fully saturated rings. The first-order valence-electron chi connectivity index (χ1n) is 15.5. The van der Waals surface area contributed by atoms with E-state index in [0.717, 1.165) is 11.4 Å². The Morgan fingerprint density at radius 3 is 1.29 bits per heavy atom. The van der Waals surface area contributed by atoms with Crippen LogP contribution < -0.4 is 9.80 Å². The first kappa shape index (κ1) is 30.3. The third-order valence-corrected chi connectivity index (χ3v) is 9.39. The SMILES string of the molecule is Cc1ccc(-c2ccc(N(c3ccc(Sc4ccc(N(C)c5ccc(C)cc5C)cc4)cc3)c3ccc(C)cc3C)cc2)cc1. The molecule has 6 aromatic carbocycles. The second-order valence-electron chi connectivity index (χ2n) is 12.0. The van der Waals surface area contributed by atoms with Crippen LogP contribution in [-0.2, 0) is 0 Å². The zero-order valence-corrected chi connectivity index (χ0v) is 27.8. The van der Waals surface area contributed by atoms with Crippen LogP contribution in [0.25, 0.3) is 11.1 Å². The van der Waals surface area contributed by atoms with Gasteiger partial charge in [-0.15, -0.1) is 0 Å². The van der Waals surface area contributed by atoms with Crippen molar-refractivity contribution >= 4 is 40.2 Å². The van der Waals surface area contributed by atoms with Crippen LogP contribution in [-0.4, -0.2) is 7.05 Å². The van der Waals surface area contributed by atoms with Crippen LogP contribution in [0.3, 0.4) is 0 Å². The summed E-state index contributed by atoms with van der Waals surface area (Å²) in [4.78, 5) is 7.05. The Hall–Kier alpha value is -4.73. The molecular formula is C42H40N2S. The van der Waals surface area contributed by atoms with Gasteiger partial charge in [-0.05, 0) is 130 Å². The number of hydrogen-bond donors (Lipinski definition) is 0. The van der Waals surface area contributed by atoms with E-state index in [0.29, 0.717) is 0 Å². The van der Waals surface area contributed by atoms with E-state index in [1.165, 1.54) is 65.8 Å². The summed E-state index contributed by atoms with van der Waals surface area (Å²) in [7, 11) is 2.14. The third-order valence-electron chi connectivity index (χ3n) is 8.37. The molecule has 0 N–H and O–H groups in total. The van der Waals surface area contributed by atoms with Gasteiger partial charge in [0.25, 0.3) is 0 Å². The number of aryl methyl sites for hydroxylation is 5. The fourth-order valence-electron chi connectivity index (χ4n) is 5.89. The molecule has 0 aliphatic rings. The Morgan fingerprint density at radius 2 is 0.800 bits per heavy atom. The standard InChI is InChI=1S/C42H40N2S/c1-29-7-11-34(12-8-29)35-13-15-37(16-14-35)44(42-26-10-31(3)28-33(42)5)38-19-23-40(24-20-38)45-39-21-17-36(18-22-39)43(6)41-25-9-30(2)27-32(41)4/h7-28H,1-6H3. The monoisotopic (exact) mass is 604 g/mol. The van der Waals surface area contributed by atoms with Crippen LogP contribution >= 0.6 is 11.8 Å². The summed E-state index contributed by atoms with van der Waals surface area (Å²) < 4.78 is 0. The van der Waals surface area contributed by atoms with Gasteiger partial charge in [0.05, 0.1) is 0 Å². The number of benzene rings is 6. The van der Waals surface area contributed by atoms with Crippen molar-refractivity contribution in [3.63, 3.8) is 0 Å². The Kier molecular flexibility index (Phi) is 8.82. The molecule has 0 saturated heterocycles. The van der Waals surface area contributed by atoms with E-state index in [2.05, 4.69) is 185 Å². The van der Waals surface area contributed by atoms with Gasteiger partial charge in [-0.3, -0.25) is 0 Å². The summed E-state index contributed by atoms with van der Waals surface area (Å²) in [6.45, 7) is 10.8. The van der Waals surface area contributed by atoms with Gasteiger partial charge < -0.3 is 9.80 Å². The van der Waals surface area contributed by atoms with Crippen LogP contribution in [0.1, 0.15) is 27.8 Å². The highest BCUT2D eigenvalue weighted by molar-refractivity contribution is 7.99. The fraction of sp³-hybridized carbons (Fsp3) is 0.143. The zero-order chi connectivity index (χ0) is 31.5. The summed E-state index contributed by atoms with van der Waals surface area (Å²) >= 11 is 1.79. The summed E-state index contributed by atoms with van der Waals surface area (Å²) in [5, 5.41) is 0. The second-order valence-corrected chi connectivity index (χ2v) is 13.1. The molecular weight excluding hydrogens is 565 g/mol. The van der Waals surface area contributed by atoms with Crippen molar-refractivity contribution in [1.29, 1.82) is 0 Å². The van der Waals surface area contributed by atoms with Crippen molar-refractivity contribution in [2.75, 3.05) is 16.8 Å². The molecule has 0 bridgehead atoms. The molecule has 6 rings (SSSR count). The van der Waals surface area contributed by atoms with Gasteiger partial charge in [-0.1, -0.05) is 89.1 Å². The molecule has 224 valence electrons.